The molecule has 0 saturated heterocycles. The van der Waals surface area contributed by atoms with E-state index < -0.39 is 10.0 Å². The van der Waals surface area contributed by atoms with E-state index >= 15 is 0 Å². The second kappa shape index (κ2) is 8.86. The lowest BCUT2D eigenvalue weighted by Crippen LogP contribution is -2.15. The number of sulfonamides is 1. The van der Waals surface area contributed by atoms with Gasteiger partial charge in [-0.25, -0.2) is 8.42 Å². The molecule has 3 aromatic rings. The predicted molar refractivity (Wildman–Crippen MR) is 117 cm³/mol. The van der Waals surface area contributed by atoms with Gasteiger partial charge in [-0.15, -0.1) is 0 Å². The van der Waals surface area contributed by atoms with Crippen molar-refractivity contribution in [3.05, 3.63) is 87.9 Å². The van der Waals surface area contributed by atoms with Crippen LogP contribution in [0.4, 0.5) is 11.4 Å². The summed E-state index contributed by atoms with van der Waals surface area (Å²) in [6.07, 6.45) is 0.773. The highest BCUT2D eigenvalue weighted by molar-refractivity contribution is 7.92. The topological polar surface area (TPSA) is 75.3 Å². The van der Waals surface area contributed by atoms with Crippen LogP contribution in [0.3, 0.4) is 0 Å². The summed E-state index contributed by atoms with van der Waals surface area (Å²) in [6, 6.07) is 17.6. The highest BCUT2D eigenvalue weighted by Crippen LogP contribution is 2.25. The van der Waals surface area contributed by atoms with Gasteiger partial charge in [0.2, 0.25) is 0 Å². The van der Waals surface area contributed by atoms with E-state index in [-0.39, 0.29) is 27.1 Å². The van der Waals surface area contributed by atoms with Crippen molar-refractivity contribution < 1.29 is 13.2 Å². The van der Waals surface area contributed by atoms with Crippen LogP contribution in [0.1, 0.15) is 22.8 Å². The molecule has 0 aliphatic heterocycles. The molecule has 5 nitrogen and oxygen atoms in total. The van der Waals surface area contributed by atoms with E-state index in [0.29, 0.717) is 10.7 Å². The second-order valence-electron chi connectivity index (χ2n) is 6.22. The van der Waals surface area contributed by atoms with E-state index in [1.807, 2.05) is 31.2 Å². The van der Waals surface area contributed by atoms with E-state index in [1.165, 1.54) is 42.5 Å². The molecule has 0 aliphatic rings. The van der Waals surface area contributed by atoms with Gasteiger partial charge in [0.15, 0.2) is 0 Å². The smallest absolute Gasteiger partial charge is 0.261 e. The summed E-state index contributed by atoms with van der Waals surface area (Å²) in [5, 5.41) is 3.41. The number of amides is 1. The molecule has 0 spiro atoms. The fourth-order valence-electron chi connectivity index (χ4n) is 2.73. The number of halogens is 2. The number of para-hydroxylation sites is 1. The molecular formula is C21H18Cl2N2O3S. The molecule has 1 amide bonds. The minimum Gasteiger partial charge on any atom is -0.322 e. The largest absolute Gasteiger partial charge is 0.322 e. The Kier molecular flexibility index (Phi) is 6.47. The molecule has 150 valence electrons. The van der Waals surface area contributed by atoms with E-state index in [1.54, 1.807) is 0 Å². The second-order valence-corrected chi connectivity index (χ2v) is 8.74. The fraction of sp³-hybridized carbons (Fsp3) is 0.0952. The van der Waals surface area contributed by atoms with Crippen molar-refractivity contribution in [2.24, 2.45) is 0 Å². The molecule has 0 radical (unpaired) electrons. The first-order valence-corrected chi connectivity index (χ1v) is 11.0. The maximum absolute atomic E-state index is 12.6. The fourth-order valence-corrected chi connectivity index (χ4v) is 4.17. The van der Waals surface area contributed by atoms with Crippen LogP contribution in [0, 0.1) is 0 Å². The highest BCUT2D eigenvalue weighted by atomic mass is 35.5. The molecule has 0 aromatic heterocycles. The van der Waals surface area contributed by atoms with Crippen molar-refractivity contribution in [3.8, 4) is 0 Å². The third-order valence-electron chi connectivity index (χ3n) is 4.24. The van der Waals surface area contributed by atoms with E-state index in [9.17, 15) is 13.2 Å². The van der Waals surface area contributed by atoms with Gasteiger partial charge in [0.05, 0.1) is 21.2 Å². The SMILES string of the molecule is CCc1ccccc1NC(=O)c1ccc(NS(=O)(=O)c2ccc(Cl)cc2)cc1Cl. The van der Waals surface area contributed by atoms with Gasteiger partial charge in [0, 0.05) is 10.7 Å². The summed E-state index contributed by atoms with van der Waals surface area (Å²) in [5.41, 5.74) is 2.20. The van der Waals surface area contributed by atoms with E-state index in [4.69, 9.17) is 23.2 Å². The number of hydrogen-bond donors (Lipinski definition) is 2. The van der Waals surface area contributed by atoms with Crippen LogP contribution in [-0.4, -0.2) is 14.3 Å². The van der Waals surface area contributed by atoms with E-state index in [2.05, 4.69) is 10.0 Å². The first-order chi connectivity index (χ1) is 13.8. The minimum absolute atomic E-state index is 0.0658. The zero-order chi connectivity index (χ0) is 21.0. The van der Waals surface area contributed by atoms with Gasteiger partial charge in [-0.1, -0.05) is 48.3 Å². The number of rotatable bonds is 6. The summed E-state index contributed by atoms with van der Waals surface area (Å²) >= 11 is 12.0. The summed E-state index contributed by atoms with van der Waals surface area (Å²) in [7, 11) is -3.81. The maximum atomic E-state index is 12.6. The van der Waals surface area contributed by atoms with Gasteiger partial charge in [0.25, 0.3) is 15.9 Å². The van der Waals surface area contributed by atoms with Crippen LogP contribution in [0.5, 0.6) is 0 Å². The quantitative estimate of drug-likeness (QED) is 0.514. The predicted octanol–water partition coefficient (Wildman–Crippen LogP) is 5.61. The zero-order valence-corrected chi connectivity index (χ0v) is 17.8. The normalized spacial score (nSPS) is 11.1. The average Bonchev–Trinajstić information content (AvgIpc) is 2.68. The molecule has 0 fully saturated rings. The Balaban J connectivity index is 1.79. The van der Waals surface area contributed by atoms with Crippen molar-refractivity contribution >= 4 is 50.5 Å². The molecule has 3 aromatic carbocycles. The Morgan fingerprint density at radius 1 is 0.966 bits per heavy atom. The Morgan fingerprint density at radius 2 is 1.66 bits per heavy atom. The van der Waals surface area contributed by atoms with Crippen molar-refractivity contribution in [1.29, 1.82) is 0 Å². The minimum atomic E-state index is -3.81. The summed E-state index contributed by atoms with van der Waals surface area (Å²) in [4.78, 5) is 12.7. The summed E-state index contributed by atoms with van der Waals surface area (Å²) in [5.74, 6) is -0.372. The van der Waals surface area contributed by atoms with Crippen LogP contribution >= 0.6 is 23.2 Å². The number of nitrogens with one attached hydrogen (secondary N) is 2. The Bertz CT molecular complexity index is 1150. The van der Waals surface area contributed by atoms with Crippen LogP contribution in [0.25, 0.3) is 0 Å². The Hall–Kier alpha value is -2.54. The first kappa shape index (κ1) is 21.2. The van der Waals surface area contributed by atoms with Gasteiger partial charge in [-0.05, 0) is 60.5 Å². The van der Waals surface area contributed by atoms with Gasteiger partial charge in [-0.2, -0.15) is 0 Å². The van der Waals surface area contributed by atoms with Gasteiger partial charge >= 0.3 is 0 Å². The molecule has 0 atom stereocenters. The molecule has 3 rings (SSSR count). The Morgan fingerprint density at radius 3 is 2.31 bits per heavy atom. The zero-order valence-electron chi connectivity index (χ0n) is 15.4. The molecule has 0 bridgehead atoms. The summed E-state index contributed by atoms with van der Waals surface area (Å²) in [6.45, 7) is 2.00. The number of aryl methyl sites for hydroxylation is 1. The standard InChI is InChI=1S/C21H18Cl2N2O3S/c1-2-14-5-3-4-6-20(14)24-21(26)18-12-9-16(13-19(18)23)25-29(27,28)17-10-7-15(22)8-11-17/h3-13,25H,2H2,1H3,(H,24,26). The molecular weight excluding hydrogens is 431 g/mol. The molecule has 8 heteroatoms. The van der Waals surface area contributed by atoms with Crippen LogP contribution in [0.15, 0.2) is 71.6 Å². The molecule has 0 aliphatic carbocycles. The lowest BCUT2D eigenvalue weighted by molar-refractivity contribution is 0.102. The van der Waals surface area contributed by atoms with Crippen LogP contribution in [0.2, 0.25) is 10.0 Å². The molecule has 2 N–H and O–H groups in total. The lowest BCUT2D eigenvalue weighted by Gasteiger charge is -2.12. The number of carbonyl (C=O) groups excluding carboxylic acids is 1. The van der Waals surface area contributed by atoms with Gasteiger partial charge < -0.3 is 5.32 Å². The van der Waals surface area contributed by atoms with Crippen molar-refractivity contribution in [3.63, 3.8) is 0 Å². The van der Waals surface area contributed by atoms with Crippen molar-refractivity contribution in [2.75, 3.05) is 10.0 Å². The molecule has 29 heavy (non-hydrogen) atoms. The summed E-state index contributed by atoms with van der Waals surface area (Å²) < 4.78 is 27.4. The molecule has 0 heterocycles. The third-order valence-corrected chi connectivity index (χ3v) is 6.20. The third kappa shape index (κ3) is 5.09. The first-order valence-electron chi connectivity index (χ1n) is 8.77. The number of carbonyl (C=O) groups is 1. The Labute approximate surface area is 179 Å². The van der Waals surface area contributed by atoms with Gasteiger partial charge in [-0.3, -0.25) is 9.52 Å². The van der Waals surface area contributed by atoms with Gasteiger partial charge in [0.1, 0.15) is 0 Å². The van der Waals surface area contributed by atoms with Crippen LogP contribution < -0.4 is 10.0 Å². The van der Waals surface area contributed by atoms with Crippen LogP contribution in [-0.2, 0) is 16.4 Å². The molecule has 0 unspecified atom stereocenters. The average molecular weight is 449 g/mol. The number of anilines is 2. The van der Waals surface area contributed by atoms with E-state index in [0.717, 1.165) is 12.0 Å². The maximum Gasteiger partial charge on any atom is 0.261 e. The monoisotopic (exact) mass is 448 g/mol. The van der Waals surface area contributed by atoms with Crippen molar-refractivity contribution in [1.82, 2.24) is 0 Å². The molecule has 0 saturated carbocycles. The highest BCUT2D eigenvalue weighted by Gasteiger charge is 2.17. The van der Waals surface area contributed by atoms with Crippen molar-refractivity contribution in [2.45, 2.75) is 18.2 Å². The number of benzene rings is 3. The number of hydrogen-bond acceptors (Lipinski definition) is 3. The lowest BCUT2D eigenvalue weighted by atomic mass is 10.1.